The average Bonchev–Trinajstić information content (AvgIpc) is 1.36. The summed E-state index contributed by atoms with van der Waals surface area (Å²) < 4.78 is 25.8. The van der Waals surface area contributed by atoms with Gasteiger partial charge in [0.1, 0.15) is 17.3 Å². The van der Waals surface area contributed by atoms with E-state index in [-0.39, 0.29) is 90.7 Å². The van der Waals surface area contributed by atoms with E-state index >= 15 is 0 Å². The number of aliphatic hydroxyl groups is 2. The average molecular weight is 1410 g/mol. The lowest BCUT2D eigenvalue weighted by atomic mass is 9.78. The molecular weight excluding hydrogens is 1250 g/mol. The molecule has 99 heavy (non-hydrogen) atoms. The van der Waals surface area contributed by atoms with Crippen LogP contribution >= 0.6 is 0 Å². The first kappa shape index (κ1) is 106. The molecule has 0 saturated carbocycles. The Hall–Kier alpha value is -4.22. The summed E-state index contributed by atoms with van der Waals surface area (Å²) in [5, 5.41) is 29.4. The number of rotatable bonds is 45. The zero-order valence-electron chi connectivity index (χ0n) is 68.7. The van der Waals surface area contributed by atoms with Crippen LogP contribution in [0.5, 0.6) is 0 Å². The number of carbonyl (C=O) groups excluding carboxylic acids is 7. The predicted octanol–water partition coefficient (Wildman–Crippen LogP) is 18.1. The number of halogens is 2. The molecule has 0 fully saturated rings. The molecule has 0 saturated heterocycles. The van der Waals surface area contributed by atoms with Gasteiger partial charge < -0.3 is 46.8 Å². The Morgan fingerprint density at radius 3 is 1.06 bits per heavy atom. The van der Waals surface area contributed by atoms with E-state index < -0.39 is 5.60 Å². The number of nitrogens with two attached hydrogens (primary N) is 1. The molecule has 9 atom stereocenters. The molecular formula is C82H160F2N6O9. The summed E-state index contributed by atoms with van der Waals surface area (Å²) in [6.07, 6.45) is 20.0. The van der Waals surface area contributed by atoms with Gasteiger partial charge >= 0.3 is 0 Å². The van der Waals surface area contributed by atoms with Gasteiger partial charge in [0, 0.05) is 81.2 Å². The van der Waals surface area contributed by atoms with E-state index in [1.54, 1.807) is 33.9 Å². The van der Waals surface area contributed by atoms with Crippen molar-refractivity contribution in [2.75, 3.05) is 46.1 Å². The van der Waals surface area contributed by atoms with Crippen LogP contribution in [-0.4, -0.2) is 108 Å². The third kappa shape index (κ3) is 58.9. The fourth-order valence-electron chi connectivity index (χ4n) is 12.1. The second kappa shape index (κ2) is 67.0. The number of aliphatic hydroxyl groups excluding tert-OH is 1. The van der Waals surface area contributed by atoms with Crippen molar-refractivity contribution in [3.05, 3.63) is 30.1 Å². The lowest BCUT2D eigenvalue weighted by Gasteiger charge is -2.27. The molecule has 0 aromatic carbocycles. The molecule has 17 heteroatoms. The maximum atomic E-state index is 12.9. The van der Waals surface area contributed by atoms with Crippen molar-refractivity contribution in [1.29, 1.82) is 0 Å². The number of unbranched alkanes of at least 4 members (excludes halogenated alkanes) is 2. The molecule has 7 unspecified atom stereocenters. The summed E-state index contributed by atoms with van der Waals surface area (Å²) in [6.45, 7) is 54.2. The normalized spacial score (nSPS) is 13.8. The monoisotopic (exact) mass is 1410 g/mol. The van der Waals surface area contributed by atoms with Gasteiger partial charge in [-0.15, -0.1) is 0 Å². The van der Waals surface area contributed by atoms with E-state index in [0.717, 1.165) is 108 Å². The van der Waals surface area contributed by atoms with E-state index in [9.17, 15) is 47.4 Å². The fourth-order valence-corrected chi connectivity index (χ4v) is 12.1. The van der Waals surface area contributed by atoms with Crippen LogP contribution in [0.1, 0.15) is 308 Å². The van der Waals surface area contributed by atoms with Gasteiger partial charge in [0.25, 0.3) is 0 Å². The molecule has 0 radical (unpaired) electrons. The van der Waals surface area contributed by atoms with Gasteiger partial charge in [-0.05, 0) is 150 Å². The number of carbonyl (C=O) groups is 7. The molecule has 1 heterocycles. The number of hydrogen-bond acceptors (Lipinski definition) is 11. The summed E-state index contributed by atoms with van der Waals surface area (Å²) in [5.74, 6) is 5.41. The highest BCUT2D eigenvalue weighted by Crippen LogP contribution is 2.31. The fraction of sp³-hybridized carbons (Fsp3) is 0.854. The number of aromatic nitrogens is 1. The van der Waals surface area contributed by atoms with Gasteiger partial charge in [0.2, 0.25) is 23.6 Å². The van der Waals surface area contributed by atoms with Gasteiger partial charge in [-0.25, -0.2) is 0 Å². The summed E-state index contributed by atoms with van der Waals surface area (Å²) in [6, 6.07) is 5.73. The van der Waals surface area contributed by atoms with E-state index in [4.69, 9.17) is 10.8 Å². The van der Waals surface area contributed by atoms with E-state index in [2.05, 4.69) is 172 Å². The Kier molecular flexibility index (Phi) is 71.6. The van der Waals surface area contributed by atoms with Crippen LogP contribution in [-0.2, 0) is 40.1 Å². The van der Waals surface area contributed by atoms with Crippen molar-refractivity contribution in [2.24, 2.45) is 100 Å². The first-order valence-electron chi connectivity index (χ1n) is 39.0. The minimum Gasteiger partial charge on any atom is -0.395 e. The van der Waals surface area contributed by atoms with Crippen LogP contribution < -0.4 is 27.0 Å². The minimum absolute atomic E-state index is 0.0165. The zero-order chi connectivity index (χ0) is 77.8. The SMILES string of the molecule is CCCC(C(=O)CC)C(C)C.CCCC(C(=O)NCC(C)(C)O)C(C)C.CCCC(C(=O)NCCN)C(C)C.CCCC(C(=O)NCCO)C(C)C.CCCC(C(=O)NCc1ccccn1)C(C)C.CCCCC(C(C)C)[C@@H](CF)CC(C)=O.CCCCC(C(C)C)[C@H](CF)CC(C)=O. The lowest BCUT2D eigenvalue weighted by molar-refractivity contribution is -0.128. The Morgan fingerprint density at radius 1 is 0.475 bits per heavy atom. The van der Waals surface area contributed by atoms with Gasteiger partial charge in [-0.3, -0.25) is 37.7 Å². The van der Waals surface area contributed by atoms with Crippen LogP contribution in [0.4, 0.5) is 8.78 Å². The van der Waals surface area contributed by atoms with Crippen LogP contribution in [0.15, 0.2) is 24.4 Å². The third-order valence-corrected chi connectivity index (χ3v) is 18.1. The maximum Gasteiger partial charge on any atom is 0.223 e. The van der Waals surface area contributed by atoms with Gasteiger partial charge in [-0.1, -0.05) is 216 Å². The largest absolute Gasteiger partial charge is 0.395 e. The Bertz CT molecular complexity index is 2030. The summed E-state index contributed by atoms with van der Waals surface area (Å²) in [5.41, 5.74) is 5.38. The molecule has 0 bridgehead atoms. The number of nitrogens with zero attached hydrogens (tertiary/aromatic N) is 1. The minimum atomic E-state index is -0.830. The van der Waals surface area contributed by atoms with Crippen LogP contribution in [0, 0.1) is 94.7 Å². The molecule has 0 aliphatic carbocycles. The summed E-state index contributed by atoms with van der Waals surface area (Å²) >= 11 is 0. The molecule has 0 aliphatic heterocycles. The molecule has 586 valence electrons. The number of pyridine rings is 1. The third-order valence-electron chi connectivity index (χ3n) is 18.1. The highest BCUT2D eigenvalue weighted by Gasteiger charge is 2.28. The number of amides is 4. The van der Waals surface area contributed by atoms with Crippen LogP contribution in [0.25, 0.3) is 0 Å². The maximum absolute atomic E-state index is 12.9. The van der Waals surface area contributed by atoms with Gasteiger partial charge in [-0.2, -0.15) is 0 Å². The Morgan fingerprint density at radius 2 is 0.808 bits per heavy atom. The quantitative estimate of drug-likeness (QED) is 0.0324. The van der Waals surface area contributed by atoms with Crippen molar-refractivity contribution in [2.45, 2.75) is 314 Å². The van der Waals surface area contributed by atoms with Crippen molar-refractivity contribution < 1.29 is 52.6 Å². The summed E-state index contributed by atoms with van der Waals surface area (Å²) in [7, 11) is 0. The molecule has 15 nitrogen and oxygen atoms in total. The lowest BCUT2D eigenvalue weighted by Crippen LogP contribution is -2.42. The zero-order valence-corrected chi connectivity index (χ0v) is 68.7. The first-order valence-corrected chi connectivity index (χ1v) is 39.0. The van der Waals surface area contributed by atoms with Gasteiger partial charge in [0.15, 0.2) is 0 Å². The van der Waals surface area contributed by atoms with Crippen molar-refractivity contribution in [3.8, 4) is 0 Å². The molecule has 1 aromatic rings. The Balaban J connectivity index is -0.000000256. The molecule has 4 amide bonds. The second-order valence-corrected chi connectivity index (χ2v) is 30.4. The van der Waals surface area contributed by atoms with E-state index in [1.165, 1.54) is 0 Å². The topological polar surface area (TPSA) is 247 Å². The molecule has 1 rings (SSSR count). The number of nitrogens with one attached hydrogen (secondary N) is 4. The molecule has 8 N–H and O–H groups in total. The molecule has 0 aliphatic rings. The second-order valence-electron chi connectivity index (χ2n) is 30.4. The van der Waals surface area contributed by atoms with Crippen molar-refractivity contribution in [1.82, 2.24) is 26.3 Å². The van der Waals surface area contributed by atoms with Gasteiger partial charge in [0.05, 0.1) is 37.8 Å². The standard InChI is InChI=1S/C14H22N2O.2C13H25FO.C12H25NO2.C10H22N2O.C10H21NO2.C10H20O/c1-4-7-13(11(2)3)14(17)16-10-12-8-5-6-9-15-12;2*1-5-6-7-13(10(2)3)12(9-14)8-11(4)15;1-6-7-10(9(2)3)11(14)13-8-12(4,5)15;1-4-5-9(8(2)3)10(13)12-7-6-11;1-4-5-9(8(2)3)10(13)11-6-7-12;1-5-7-9(8(3)4)10(11)6-2/h5-6,8-9,11,13H,4,7,10H2,1-3H3,(H,16,17);2*10,12-13H,5-9H2,1-4H3;9-10,15H,6-8H2,1-5H3,(H,13,14);8-9H,4-7,11H2,1-3H3,(H,12,13);8-9,12H,4-7H2,1-3H3,(H,11,13);8-9H,5-7H2,1-4H3/t;2*12-,13?;;;;/m.10..../s1. The molecule has 0 spiro atoms. The first-order chi connectivity index (χ1) is 46.4. The number of hydrogen-bond donors (Lipinski definition) is 7. The Labute approximate surface area is 607 Å². The van der Waals surface area contributed by atoms with Crippen LogP contribution in [0.3, 0.4) is 0 Å². The number of Topliss-reactive ketones (excluding diaryl/α,β-unsaturated/α-hetero) is 3. The van der Waals surface area contributed by atoms with Crippen molar-refractivity contribution in [3.63, 3.8) is 0 Å². The van der Waals surface area contributed by atoms with Crippen LogP contribution in [0.2, 0.25) is 0 Å². The van der Waals surface area contributed by atoms with E-state index in [0.29, 0.717) is 117 Å². The van der Waals surface area contributed by atoms with Crippen molar-refractivity contribution >= 4 is 41.0 Å². The number of ketones is 3. The highest BCUT2D eigenvalue weighted by molar-refractivity contribution is 5.81. The van der Waals surface area contributed by atoms with E-state index in [1.807, 2.05) is 25.1 Å². The molecule has 1 aromatic heterocycles. The number of alkyl halides is 2. The predicted molar refractivity (Wildman–Crippen MR) is 414 cm³/mol. The highest BCUT2D eigenvalue weighted by atomic mass is 19.1. The smallest absolute Gasteiger partial charge is 0.223 e. The summed E-state index contributed by atoms with van der Waals surface area (Å²) in [4.78, 5) is 84.5.